The van der Waals surface area contributed by atoms with Crippen molar-refractivity contribution in [1.29, 1.82) is 0 Å². The van der Waals surface area contributed by atoms with Gasteiger partial charge in [0.05, 0.1) is 6.04 Å². The molecule has 4 rings (SSSR count). The SMILES string of the molecule is NCc1ccccc1N1CC2CC(N2)C1=O. The van der Waals surface area contributed by atoms with E-state index in [4.69, 9.17) is 5.73 Å². The third-order valence-electron chi connectivity index (χ3n) is 3.43. The number of hydrogen-bond donors (Lipinski definition) is 2. The van der Waals surface area contributed by atoms with Crippen LogP contribution in [0.3, 0.4) is 0 Å². The van der Waals surface area contributed by atoms with Crippen LogP contribution in [0.5, 0.6) is 0 Å². The molecule has 4 heteroatoms. The van der Waals surface area contributed by atoms with Crippen molar-refractivity contribution in [1.82, 2.24) is 5.32 Å². The lowest BCUT2D eigenvalue weighted by molar-refractivity contribution is -0.125. The predicted molar refractivity (Wildman–Crippen MR) is 62.0 cm³/mol. The first-order valence-corrected chi connectivity index (χ1v) is 5.65. The standard InChI is InChI=1S/C12H15N3O/c13-6-8-3-1-2-4-11(8)15-7-9-5-10(14-9)12(15)16/h1-4,9-10,14H,5-7,13H2. The van der Waals surface area contributed by atoms with Crippen molar-refractivity contribution in [3.8, 4) is 0 Å². The number of amides is 1. The first kappa shape index (κ1) is 9.81. The summed E-state index contributed by atoms with van der Waals surface area (Å²) < 4.78 is 0. The maximum atomic E-state index is 12.1. The van der Waals surface area contributed by atoms with Gasteiger partial charge in [-0.05, 0) is 18.1 Å². The van der Waals surface area contributed by atoms with Crippen molar-refractivity contribution in [3.63, 3.8) is 0 Å². The quantitative estimate of drug-likeness (QED) is 0.745. The summed E-state index contributed by atoms with van der Waals surface area (Å²) in [5, 5.41) is 3.24. The van der Waals surface area contributed by atoms with Crippen LogP contribution in [0.25, 0.3) is 0 Å². The van der Waals surface area contributed by atoms with Crippen LogP contribution in [0.4, 0.5) is 5.69 Å². The van der Waals surface area contributed by atoms with Gasteiger partial charge in [-0.25, -0.2) is 0 Å². The first-order valence-electron chi connectivity index (χ1n) is 5.65. The number of hydrogen-bond acceptors (Lipinski definition) is 3. The molecule has 3 aliphatic heterocycles. The highest BCUT2D eigenvalue weighted by Gasteiger charge is 2.43. The number of anilines is 1. The molecule has 1 aromatic rings. The molecule has 1 amide bonds. The van der Waals surface area contributed by atoms with E-state index in [1.807, 2.05) is 29.2 Å². The number of rotatable bonds is 2. The summed E-state index contributed by atoms with van der Waals surface area (Å²) in [5.41, 5.74) is 7.71. The summed E-state index contributed by atoms with van der Waals surface area (Å²) in [4.78, 5) is 13.9. The molecule has 0 aromatic heterocycles. The number of carbonyl (C=O) groups is 1. The smallest absolute Gasteiger partial charge is 0.244 e. The number of piperazine rings is 1. The minimum absolute atomic E-state index is 0.0320. The van der Waals surface area contributed by atoms with E-state index in [1.54, 1.807) is 0 Å². The van der Waals surface area contributed by atoms with Gasteiger partial charge in [0.15, 0.2) is 0 Å². The van der Waals surface area contributed by atoms with E-state index < -0.39 is 0 Å². The largest absolute Gasteiger partial charge is 0.326 e. The molecule has 3 N–H and O–H groups in total. The summed E-state index contributed by atoms with van der Waals surface area (Å²) in [6.45, 7) is 1.25. The Labute approximate surface area is 94.4 Å². The Bertz CT molecular complexity index is 426. The lowest BCUT2D eigenvalue weighted by Crippen LogP contribution is -2.70. The number of fused-ring (bicyclic) bond motifs is 2. The fraction of sp³-hybridized carbons (Fsp3) is 0.417. The number of piperidine rings is 1. The maximum absolute atomic E-state index is 12.1. The highest BCUT2D eigenvalue weighted by atomic mass is 16.2. The number of carbonyl (C=O) groups excluding carboxylic acids is 1. The Morgan fingerprint density at radius 2 is 2.19 bits per heavy atom. The van der Waals surface area contributed by atoms with Gasteiger partial charge < -0.3 is 16.0 Å². The minimum atomic E-state index is 0.0320. The Morgan fingerprint density at radius 3 is 2.88 bits per heavy atom. The van der Waals surface area contributed by atoms with Crippen LogP contribution in [0.2, 0.25) is 0 Å². The van der Waals surface area contributed by atoms with Crippen molar-refractivity contribution >= 4 is 11.6 Å². The zero-order valence-corrected chi connectivity index (χ0v) is 9.02. The second kappa shape index (κ2) is 3.57. The van der Waals surface area contributed by atoms with E-state index in [0.717, 1.165) is 24.2 Å². The molecule has 3 saturated heterocycles. The maximum Gasteiger partial charge on any atom is 0.244 e. The fourth-order valence-electron chi connectivity index (χ4n) is 2.51. The van der Waals surface area contributed by atoms with Crippen molar-refractivity contribution < 1.29 is 4.79 Å². The zero-order chi connectivity index (χ0) is 11.1. The topological polar surface area (TPSA) is 58.4 Å². The molecule has 2 atom stereocenters. The first-order chi connectivity index (χ1) is 7.79. The van der Waals surface area contributed by atoms with Crippen LogP contribution < -0.4 is 16.0 Å². The van der Waals surface area contributed by atoms with Crippen LogP contribution in [0, 0.1) is 0 Å². The summed E-state index contributed by atoms with van der Waals surface area (Å²) in [5.74, 6) is 0.184. The zero-order valence-electron chi connectivity index (χ0n) is 9.02. The van der Waals surface area contributed by atoms with Crippen LogP contribution in [-0.2, 0) is 11.3 Å². The van der Waals surface area contributed by atoms with E-state index in [1.165, 1.54) is 0 Å². The van der Waals surface area contributed by atoms with E-state index in [-0.39, 0.29) is 11.9 Å². The Balaban J connectivity index is 1.94. The van der Waals surface area contributed by atoms with Gasteiger partial charge in [-0.3, -0.25) is 4.79 Å². The lowest BCUT2D eigenvalue weighted by Gasteiger charge is -2.47. The van der Waals surface area contributed by atoms with E-state index in [2.05, 4.69) is 5.32 Å². The van der Waals surface area contributed by atoms with Crippen molar-refractivity contribution in [2.24, 2.45) is 5.73 Å². The molecular formula is C12H15N3O. The van der Waals surface area contributed by atoms with E-state index >= 15 is 0 Å². The molecule has 1 aromatic carbocycles. The van der Waals surface area contributed by atoms with Crippen molar-refractivity contribution in [3.05, 3.63) is 29.8 Å². The molecule has 3 fully saturated rings. The van der Waals surface area contributed by atoms with Crippen molar-refractivity contribution in [2.45, 2.75) is 25.0 Å². The molecule has 3 heterocycles. The molecule has 3 aliphatic rings. The van der Waals surface area contributed by atoms with Crippen LogP contribution in [-0.4, -0.2) is 24.5 Å². The van der Waals surface area contributed by atoms with Gasteiger partial charge in [-0.2, -0.15) is 0 Å². The number of benzene rings is 1. The number of nitrogens with two attached hydrogens (primary N) is 1. The summed E-state index contributed by atoms with van der Waals surface area (Å²) >= 11 is 0. The van der Waals surface area contributed by atoms with Crippen LogP contribution in [0.1, 0.15) is 12.0 Å². The molecule has 2 unspecified atom stereocenters. The molecule has 0 spiro atoms. The summed E-state index contributed by atoms with van der Waals surface area (Å²) in [7, 11) is 0. The molecule has 0 saturated carbocycles. The normalized spacial score (nSPS) is 27.8. The Hall–Kier alpha value is -1.39. The Morgan fingerprint density at radius 1 is 1.44 bits per heavy atom. The predicted octanol–water partition coefficient (Wildman–Crippen LogP) is 0.222. The van der Waals surface area contributed by atoms with E-state index in [9.17, 15) is 4.79 Å². The molecule has 4 nitrogen and oxygen atoms in total. The number of nitrogens with zero attached hydrogens (tertiary/aromatic N) is 1. The molecule has 16 heavy (non-hydrogen) atoms. The third-order valence-corrected chi connectivity index (χ3v) is 3.43. The number of nitrogens with one attached hydrogen (secondary N) is 1. The molecule has 0 radical (unpaired) electrons. The molecule has 2 bridgehead atoms. The van der Waals surface area contributed by atoms with Gasteiger partial charge in [-0.1, -0.05) is 18.2 Å². The van der Waals surface area contributed by atoms with Crippen molar-refractivity contribution in [2.75, 3.05) is 11.4 Å². The fourth-order valence-corrected chi connectivity index (χ4v) is 2.51. The van der Waals surface area contributed by atoms with Gasteiger partial charge in [0.2, 0.25) is 5.91 Å². The second-order valence-electron chi connectivity index (χ2n) is 4.43. The highest BCUT2D eigenvalue weighted by Crippen LogP contribution is 2.29. The monoisotopic (exact) mass is 217 g/mol. The van der Waals surface area contributed by atoms with Gasteiger partial charge in [0.25, 0.3) is 0 Å². The summed E-state index contributed by atoms with van der Waals surface area (Å²) in [6.07, 6.45) is 0.986. The molecule has 0 aliphatic carbocycles. The van der Waals surface area contributed by atoms with Crippen LogP contribution in [0.15, 0.2) is 24.3 Å². The minimum Gasteiger partial charge on any atom is -0.326 e. The van der Waals surface area contributed by atoms with Gasteiger partial charge in [0, 0.05) is 24.8 Å². The Kier molecular flexibility index (Phi) is 2.19. The molecular weight excluding hydrogens is 202 g/mol. The molecule has 84 valence electrons. The van der Waals surface area contributed by atoms with E-state index in [0.29, 0.717) is 12.6 Å². The van der Waals surface area contributed by atoms with Gasteiger partial charge in [0.1, 0.15) is 0 Å². The second-order valence-corrected chi connectivity index (χ2v) is 4.43. The van der Waals surface area contributed by atoms with Gasteiger partial charge in [-0.15, -0.1) is 0 Å². The van der Waals surface area contributed by atoms with Crippen LogP contribution >= 0.6 is 0 Å². The average Bonchev–Trinajstić information content (AvgIpc) is 2.28. The lowest BCUT2D eigenvalue weighted by atomic mass is 9.90. The average molecular weight is 217 g/mol. The highest BCUT2D eigenvalue weighted by molar-refractivity contribution is 6.00. The summed E-state index contributed by atoms with van der Waals surface area (Å²) in [6, 6.07) is 8.37. The third kappa shape index (κ3) is 1.34. The van der Waals surface area contributed by atoms with Gasteiger partial charge >= 0.3 is 0 Å². The number of para-hydroxylation sites is 1.